The average Bonchev–Trinajstić information content (AvgIpc) is 2.99. The summed E-state index contributed by atoms with van der Waals surface area (Å²) in [6.07, 6.45) is 0. The summed E-state index contributed by atoms with van der Waals surface area (Å²) in [7, 11) is 1.39. The molecule has 0 saturated carbocycles. The number of nitrogens with zero attached hydrogens (tertiary/aromatic N) is 1. The summed E-state index contributed by atoms with van der Waals surface area (Å²) in [5.41, 5.74) is 2.09. The monoisotopic (exact) mass is 347 g/mol. The second kappa shape index (κ2) is 5.34. The largest absolute Gasteiger partial charge is 0.465 e. The number of pyridine rings is 1. The van der Waals surface area contributed by atoms with Gasteiger partial charge in [0.05, 0.1) is 28.8 Å². The summed E-state index contributed by atoms with van der Waals surface area (Å²) in [4.78, 5) is 17.6. The van der Waals surface area contributed by atoms with E-state index in [9.17, 15) is 4.79 Å². The second-order valence-electron chi connectivity index (χ2n) is 4.19. The van der Waals surface area contributed by atoms with E-state index < -0.39 is 0 Å². The van der Waals surface area contributed by atoms with Crippen LogP contribution in [0.25, 0.3) is 21.5 Å². The van der Waals surface area contributed by atoms with E-state index in [-0.39, 0.29) is 5.97 Å². The van der Waals surface area contributed by atoms with Gasteiger partial charge < -0.3 is 4.74 Å². The first-order valence-corrected chi connectivity index (χ1v) is 7.59. The van der Waals surface area contributed by atoms with Crippen LogP contribution in [0.2, 0.25) is 0 Å². The van der Waals surface area contributed by atoms with Crippen LogP contribution >= 0.6 is 27.3 Å². The van der Waals surface area contributed by atoms with E-state index in [1.807, 2.05) is 35.7 Å². The van der Waals surface area contributed by atoms with Gasteiger partial charge in [0.1, 0.15) is 0 Å². The molecule has 20 heavy (non-hydrogen) atoms. The van der Waals surface area contributed by atoms with Crippen LogP contribution in [0.4, 0.5) is 0 Å². The topological polar surface area (TPSA) is 39.2 Å². The molecule has 0 unspecified atom stereocenters. The number of halogens is 1. The zero-order valence-corrected chi connectivity index (χ0v) is 13.0. The number of carbonyl (C=O) groups is 1. The summed E-state index contributed by atoms with van der Waals surface area (Å²) >= 11 is 5.01. The summed E-state index contributed by atoms with van der Waals surface area (Å²) in [5, 5.41) is 2.77. The predicted octanol–water partition coefficient (Wildman–Crippen LogP) is 4.51. The maximum atomic E-state index is 12.0. The molecular formula is C15H10BrNO2S. The third kappa shape index (κ3) is 2.34. The van der Waals surface area contributed by atoms with E-state index in [1.54, 1.807) is 17.4 Å². The van der Waals surface area contributed by atoms with Crippen molar-refractivity contribution in [2.75, 3.05) is 7.11 Å². The van der Waals surface area contributed by atoms with E-state index in [0.717, 1.165) is 25.9 Å². The Bertz CT molecular complexity index is 784. The van der Waals surface area contributed by atoms with Crippen molar-refractivity contribution < 1.29 is 9.53 Å². The molecule has 3 nitrogen and oxygen atoms in total. The van der Waals surface area contributed by atoms with E-state index in [1.165, 1.54) is 7.11 Å². The van der Waals surface area contributed by atoms with Gasteiger partial charge in [0.2, 0.25) is 0 Å². The highest BCUT2D eigenvalue weighted by atomic mass is 79.9. The fraction of sp³-hybridized carbons (Fsp3) is 0.0667. The molecule has 0 aliphatic carbocycles. The maximum absolute atomic E-state index is 12.0. The van der Waals surface area contributed by atoms with Crippen molar-refractivity contribution in [3.63, 3.8) is 0 Å². The van der Waals surface area contributed by atoms with Crippen LogP contribution in [-0.4, -0.2) is 18.1 Å². The number of hydrogen-bond acceptors (Lipinski definition) is 4. The highest BCUT2D eigenvalue weighted by Crippen LogP contribution is 2.29. The molecule has 0 radical (unpaired) electrons. The molecule has 0 bridgehead atoms. The van der Waals surface area contributed by atoms with Gasteiger partial charge in [-0.15, -0.1) is 11.3 Å². The smallest absolute Gasteiger partial charge is 0.338 e. The Kier molecular flexibility index (Phi) is 3.54. The lowest BCUT2D eigenvalue weighted by molar-refractivity contribution is 0.0603. The molecular weight excluding hydrogens is 338 g/mol. The Morgan fingerprint density at radius 2 is 2.15 bits per heavy atom. The third-order valence-corrected chi connectivity index (χ3v) is 4.34. The standard InChI is InChI=1S/C15H10BrNO2S/c1-19-15(18)11-8-13(14-3-2-6-20-14)17-12-5-4-9(16)7-10(11)12/h2-8H,1H3. The molecule has 2 heterocycles. The maximum Gasteiger partial charge on any atom is 0.338 e. The van der Waals surface area contributed by atoms with Crippen LogP contribution in [0.3, 0.4) is 0 Å². The first-order valence-electron chi connectivity index (χ1n) is 5.91. The Hall–Kier alpha value is -1.72. The first-order chi connectivity index (χ1) is 9.69. The van der Waals surface area contributed by atoms with Crippen molar-refractivity contribution in [2.45, 2.75) is 0 Å². The zero-order chi connectivity index (χ0) is 14.1. The molecule has 0 aliphatic rings. The number of hydrogen-bond donors (Lipinski definition) is 0. The minimum absolute atomic E-state index is 0.353. The number of rotatable bonds is 2. The number of benzene rings is 1. The number of carbonyl (C=O) groups excluding carboxylic acids is 1. The molecule has 3 aromatic rings. The third-order valence-electron chi connectivity index (χ3n) is 2.95. The van der Waals surface area contributed by atoms with E-state index in [2.05, 4.69) is 20.9 Å². The van der Waals surface area contributed by atoms with Crippen molar-refractivity contribution in [3.8, 4) is 10.6 Å². The molecule has 1 aromatic carbocycles. The number of thiophene rings is 1. The van der Waals surface area contributed by atoms with E-state index in [4.69, 9.17) is 4.74 Å². The lowest BCUT2D eigenvalue weighted by atomic mass is 10.1. The van der Waals surface area contributed by atoms with Gasteiger partial charge in [-0.1, -0.05) is 22.0 Å². The SMILES string of the molecule is COC(=O)c1cc(-c2cccs2)nc2ccc(Br)cc12. The van der Waals surface area contributed by atoms with Crippen LogP contribution in [0, 0.1) is 0 Å². The molecule has 2 aromatic heterocycles. The lowest BCUT2D eigenvalue weighted by Crippen LogP contribution is -2.03. The van der Waals surface area contributed by atoms with Gasteiger partial charge in [-0.05, 0) is 35.7 Å². The minimum Gasteiger partial charge on any atom is -0.465 e. The molecule has 0 amide bonds. The molecule has 0 spiro atoms. The zero-order valence-electron chi connectivity index (χ0n) is 10.6. The van der Waals surface area contributed by atoms with Gasteiger partial charge in [0, 0.05) is 9.86 Å². The summed E-state index contributed by atoms with van der Waals surface area (Å²) < 4.78 is 5.78. The highest BCUT2D eigenvalue weighted by molar-refractivity contribution is 9.10. The summed E-state index contributed by atoms with van der Waals surface area (Å²) in [5.74, 6) is -0.353. The molecule has 5 heteroatoms. The van der Waals surface area contributed by atoms with Crippen LogP contribution < -0.4 is 0 Å². The molecule has 3 rings (SSSR count). The minimum atomic E-state index is -0.353. The van der Waals surface area contributed by atoms with Crippen molar-refractivity contribution >= 4 is 44.1 Å². The van der Waals surface area contributed by atoms with Crippen LogP contribution in [0.1, 0.15) is 10.4 Å². The normalized spacial score (nSPS) is 10.7. The number of fused-ring (bicyclic) bond motifs is 1. The molecule has 100 valence electrons. The highest BCUT2D eigenvalue weighted by Gasteiger charge is 2.15. The quantitative estimate of drug-likeness (QED) is 0.640. The predicted molar refractivity (Wildman–Crippen MR) is 84.1 cm³/mol. The van der Waals surface area contributed by atoms with Crippen LogP contribution in [0.15, 0.2) is 46.3 Å². The number of methoxy groups -OCH3 is 1. The molecule has 0 saturated heterocycles. The van der Waals surface area contributed by atoms with E-state index >= 15 is 0 Å². The molecule has 0 N–H and O–H groups in total. The van der Waals surface area contributed by atoms with Crippen LogP contribution in [0.5, 0.6) is 0 Å². The Morgan fingerprint density at radius 3 is 2.85 bits per heavy atom. The van der Waals surface area contributed by atoms with Crippen molar-refractivity contribution in [2.24, 2.45) is 0 Å². The lowest BCUT2D eigenvalue weighted by Gasteiger charge is -2.08. The van der Waals surface area contributed by atoms with Crippen LogP contribution in [-0.2, 0) is 4.74 Å². The van der Waals surface area contributed by atoms with Crippen molar-refractivity contribution in [1.29, 1.82) is 0 Å². The Morgan fingerprint density at radius 1 is 1.30 bits per heavy atom. The molecule has 0 atom stereocenters. The van der Waals surface area contributed by atoms with Gasteiger partial charge in [0.15, 0.2) is 0 Å². The first kappa shape index (κ1) is 13.3. The molecule has 0 aliphatic heterocycles. The summed E-state index contributed by atoms with van der Waals surface area (Å²) in [6, 6.07) is 11.4. The van der Waals surface area contributed by atoms with Gasteiger partial charge in [-0.2, -0.15) is 0 Å². The van der Waals surface area contributed by atoms with Gasteiger partial charge in [0.25, 0.3) is 0 Å². The van der Waals surface area contributed by atoms with E-state index in [0.29, 0.717) is 5.56 Å². The average molecular weight is 348 g/mol. The van der Waals surface area contributed by atoms with Gasteiger partial charge in [-0.3, -0.25) is 0 Å². The fourth-order valence-corrected chi connectivity index (χ4v) is 3.07. The van der Waals surface area contributed by atoms with Crippen molar-refractivity contribution in [1.82, 2.24) is 4.98 Å². The second-order valence-corrected chi connectivity index (χ2v) is 6.05. The number of aromatic nitrogens is 1. The Labute approximate surface area is 128 Å². The van der Waals surface area contributed by atoms with Crippen molar-refractivity contribution in [3.05, 3.63) is 51.8 Å². The fourth-order valence-electron chi connectivity index (χ4n) is 2.03. The molecule has 0 fully saturated rings. The number of ether oxygens (including phenoxy) is 1. The number of esters is 1. The van der Waals surface area contributed by atoms with Gasteiger partial charge >= 0.3 is 5.97 Å². The Balaban J connectivity index is 2.31. The van der Waals surface area contributed by atoms with Gasteiger partial charge in [-0.25, -0.2) is 9.78 Å². The summed E-state index contributed by atoms with van der Waals surface area (Å²) in [6.45, 7) is 0.